The van der Waals surface area contributed by atoms with Gasteiger partial charge in [-0.2, -0.15) is 0 Å². The van der Waals surface area contributed by atoms with Crippen LogP contribution in [0.3, 0.4) is 0 Å². The highest BCUT2D eigenvalue weighted by atomic mass is 79.9. The average molecular weight is 491 g/mol. The molecule has 0 spiro atoms. The lowest BCUT2D eigenvalue weighted by Gasteiger charge is -2.15. The van der Waals surface area contributed by atoms with Crippen molar-refractivity contribution in [3.8, 4) is 11.5 Å². The van der Waals surface area contributed by atoms with E-state index in [2.05, 4.69) is 26.6 Å². The Morgan fingerprint density at radius 2 is 2.03 bits per heavy atom. The summed E-state index contributed by atoms with van der Waals surface area (Å²) in [6, 6.07) is 10.2. The molecule has 1 saturated heterocycles. The van der Waals surface area contributed by atoms with Crippen LogP contribution in [0.15, 0.2) is 40.9 Å². The van der Waals surface area contributed by atoms with Crippen molar-refractivity contribution < 1.29 is 23.8 Å². The summed E-state index contributed by atoms with van der Waals surface area (Å²) < 4.78 is 17.3. The quantitative estimate of drug-likeness (QED) is 0.543. The summed E-state index contributed by atoms with van der Waals surface area (Å²) in [5, 5.41) is 5.72. The van der Waals surface area contributed by atoms with E-state index in [-0.39, 0.29) is 17.9 Å². The third-order valence-electron chi connectivity index (χ3n) is 4.88. The summed E-state index contributed by atoms with van der Waals surface area (Å²) in [4.78, 5) is 25.6. The lowest BCUT2D eigenvalue weighted by atomic mass is 10.1. The summed E-state index contributed by atoms with van der Waals surface area (Å²) in [7, 11) is 1.52. The number of amides is 2. The Kier molecular flexibility index (Phi) is 8.31. The van der Waals surface area contributed by atoms with E-state index in [9.17, 15) is 9.59 Å². The van der Waals surface area contributed by atoms with Crippen LogP contribution in [0, 0.1) is 0 Å². The monoisotopic (exact) mass is 490 g/mol. The fraction of sp³-hybridized carbons (Fsp3) is 0.391. The van der Waals surface area contributed by atoms with Crippen LogP contribution in [0.2, 0.25) is 0 Å². The van der Waals surface area contributed by atoms with Gasteiger partial charge < -0.3 is 24.8 Å². The maximum Gasteiger partial charge on any atom is 0.255 e. The summed E-state index contributed by atoms with van der Waals surface area (Å²) in [6.45, 7) is 3.73. The Hall–Kier alpha value is -2.58. The van der Waals surface area contributed by atoms with Gasteiger partial charge in [-0.3, -0.25) is 9.59 Å². The number of carbonyl (C=O) groups excluding carboxylic acids is 2. The van der Waals surface area contributed by atoms with Crippen LogP contribution < -0.4 is 20.1 Å². The Bertz CT molecular complexity index is 928. The van der Waals surface area contributed by atoms with Crippen molar-refractivity contribution in [2.75, 3.05) is 32.2 Å². The molecule has 31 heavy (non-hydrogen) atoms. The van der Waals surface area contributed by atoms with E-state index in [4.69, 9.17) is 14.2 Å². The van der Waals surface area contributed by atoms with E-state index in [1.165, 1.54) is 7.11 Å². The molecule has 1 aliphatic heterocycles. The Morgan fingerprint density at radius 3 is 2.74 bits per heavy atom. The van der Waals surface area contributed by atoms with E-state index in [0.29, 0.717) is 45.9 Å². The predicted octanol–water partition coefficient (Wildman–Crippen LogP) is 4.41. The molecule has 2 aromatic rings. The largest absolute Gasteiger partial charge is 0.493 e. The maximum absolute atomic E-state index is 12.9. The molecule has 1 unspecified atom stereocenters. The second-order valence-electron chi connectivity index (χ2n) is 7.18. The number of ether oxygens (including phenoxy) is 3. The first-order chi connectivity index (χ1) is 15.0. The Labute approximate surface area is 190 Å². The fourth-order valence-electron chi connectivity index (χ4n) is 3.29. The molecule has 2 amide bonds. The minimum Gasteiger partial charge on any atom is -0.493 e. The number of nitrogens with one attached hydrogen (secondary N) is 2. The summed E-state index contributed by atoms with van der Waals surface area (Å²) >= 11 is 3.45. The second kappa shape index (κ2) is 11.2. The zero-order valence-electron chi connectivity index (χ0n) is 17.7. The number of halogens is 1. The van der Waals surface area contributed by atoms with Gasteiger partial charge in [0.2, 0.25) is 0 Å². The molecular formula is C23H27BrN2O5. The first kappa shape index (κ1) is 23.1. The summed E-state index contributed by atoms with van der Waals surface area (Å²) in [5.74, 6) is 0.388. The fourth-order valence-corrected chi connectivity index (χ4v) is 3.84. The minimum absolute atomic E-state index is 0.0453. The van der Waals surface area contributed by atoms with E-state index < -0.39 is 0 Å². The van der Waals surface area contributed by atoms with Crippen LogP contribution in [-0.2, 0) is 4.74 Å². The molecule has 1 fully saturated rings. The van der Waals surface area contributed by atoms with Crippen LogP contribution in [0.5, 0.6) is 11.5 Å². The Morgan fingerprint density at radius 1 is 1.23 bits per heavy atom. The number of methoxy groups -OCH3 is 1. The first-order valence-electron chi connectivity index (χ1n) is 10.3. The molecule has 0 aliphatic carbocycles. The average Bonchev–Trinajstić information content (AvgIpc) is 3.30. The third kappa shape index (κ3) is 5.98. The van der Waals surface area contributed by atoms with Crippen LogP contribution >= 0.6 is 15.9 Å². The molecule has 166 valence electrons. The highest BCUT2D eigenvalue weighted by Crippen LogP contribution is 2.37. The topological polar surface area (TPSA) is 85.9 Å². The molecule has 2 aromatic carbocycles. The molecule has 0 aromatic heterocycles. The van der Waals surface area contributed by atoms with Crippen molar-refractivity contribution in [1.29, 1.82) is 0 Å². The minimum atomic E-state index is -0.361. The molecule has 2 N–H and O–H groups in total. The molecular weight excluding hydrogens is 464 g/mol. The zero-order valence-corrected chi connectivity index (χ0v) is 19.3. The molecule has 3 rings (SSSR count). The van der Waals surface area contributed by atoms with Crippen molar-refractivity contribution in [2.45, 2.75) is 32.3 Å². The van der Waals surface area contributed by atoms with Crippen molar-refractivity contribution in [3.63, 3.8) is 0 Å². The van der Waals surface area contributed by atoms with Gasteiger partial charge >= 0.3 is 0 Å². The number of hydrogen-bond donors (Lipinski definition) is 2. The van der Waals surface area contributed by atoms with Crippen molar-refractivity contribution in [2.24, 2.45) is 0 Å². The van der Waals surface area contributed by atoms with Gasteiger partial charge in [-0.25, -0.2) is 0 Å². The van der Waals surface area contributed by atoms with Crippen molar-refractivity contribution >= 4 is 33.4 Å². The number of benzene rings is 2. The smallest absolute Gasteiger partial charge is 0.255 e. The van der Waals surface area contributed by atoms with Gasteiger partial charge in [0, 0.05) is 18.7 Å². The van der Waals surface area contributed by atoms with Crippen LogP contribution in [0.25, 0.3) is 0 Å². The number of hydrogen-bond acceptors (Lipinski definition) is 5. The molecule has 7 nitrogen and oxygen atoms in total. The molecule has 1 heterocycles. The molecule has 0 bridgehead atoms. The van der Waals surface area contributed by atoms with Gasteiger partial charge in [0.25, 0.3) is 11.8 Å². The number of carbonyl (C=O) groups is 2. The van der Waals surface area contributed by atoms with Crippen LogP contribution in [-0.4, -0.2) is 44.8 Å². The van der Waals surface area contributed by atoms with Crippen LogP contribution in [0.1, 0.15) is 46.9 Å². The molecule has 0 saturated carbocycles. The standard InChI is InChI=1S/C23H27BrN2O5/c1-3-10-31-21-18(24)12-15(13-20(21)29-2)22(27)26-19-9-5-4-8-17(19)23(28)25-14-16-7-6-11-30-16/h4-5,8-9,12-13,16H,3,6-7,10-11,14H2,1-2H3,(H,25,28)(H,26,27). The lowest BCUT2D eigenvalue weighted by molar-refractivity contribution is 0.0858. The zero-order chi connectivity index (χ0) is 22.2. The van der Waals surface area contributed by atoms with Crippen molar-refractivity contribution in [3.05, 3.63) is 52.0 Å². The summed E-state index contributed by atoms with van der Waals surface area (Å²) in [5.41, 5.74) is 1.20. The number of rotatable bonds is 9. The molecule has 1 atom stereocenters. The lowest BCUT2D eigenvalue weighted by Crippen LogP contribution is -2.32. The van der Waals surface area contributed by atoms with Gasteiger partial charge in [0.15, 0.2) is 11.5 Å². The molecule has 8 heteroatoms. The van der Waals surface area contributed by atoms with Gasteiger partial charge in [-0.1, -0.05) is 19.1 Å². The maximum atomic E-state index is 12.9. The van der Waals surface area contributed by atoms with E-state index in [0.717, 1.165) is 25.9 Å². The van der Waals surface area contributed by atoms with Crippen LogP contribution in [0.4, 0.5) is 5.69 Å². The van der Waals surface area contributed by atoms with E-state index in [1.54, 1.807) is 36.4 Å². The van der Waals surface area contributed by atoms with Gasteiger partial charge in [-0.15, -0.1) is 0 Å². The van der Waals surface area contributed by atoms with Gasteiger partial charge in [0.05, 0.1) is 35.5 Å². The van der Waals surface area contributed by atoms with Gasteiger partial charge in [-0.05, 0) is 59.5 Å². The number of para-hydroxylation sites is 1. The Balaban J connectivity index is 1.74. The van der Waals surface area contributed by atoms with E-state index in [1.807, 2.05) is 6.92 Å². The van der Waals surface area contributed by atoms with Gasteiger partial charge in [0.1, 0.15) is 0 Å². The third-order valence-corrected chi connectivity index (χ3v) is 5.47. The highest BCUT2D eigenvalue weighted by molar-refractivity contribution is 9.10. The molecule has 1 aliphatic rings. The normalized spacial score (nSPS) is 15.4. The van der Waals surface area contributed by atoms with E-state index >= 15 is 0 Å². The molecule has 0 radical (unpaired) electrons. The highest BCUT2D eigenvalue weighted by Gasteiger charge is 2.20. The summed E-state index contributed by atoms with van der Waals surface area (Å²) in [6.07, 6.45) is 2.84. The predicted molar refractivity (Wildman–Crippen MR) is 122 cm³/mol. The number of anilines is 1. The second-order valence-corrected chi connectivity index (χ2v) is 8.04. The SMILES string of the molecule is CCCOc1c(Br)cc(C(=O)Nc2ccccc2C(=O)NCC2CCCO2)cc1OC. The first-order valence-corrected chi connectivity index (χ1v) is 11.1. The van der Waals surface area contributed by atoms with Crippen molar-refractivity contribution in [1.82, 2.24) is 5.32 Å².